The third-order valence-electron chi connectivity index (χ3n) is 4.93. The van der Waals surface area contributed by atoms with Crippen molar-refractivity contribution >= 4 is 11.8 Å². The minimum absolute atomic E-state index is 0.00730. The van der Waals surface area contributed by atoms with Crippen LogP contribution in [0.4, 0.5) is 0 Å². The molecule has 1 N–H and O–H groups in total. The predicted octanol–water partition coefficient (Wildman–Crippen LogP) is 2.74. The van der Waals surface area contributed by atoms with Crippen molar-refractivity contribution in [1.29, 1.82) is 0 Å². The van der Waals surface area contributed by atoms with Crippen LogP contribution in [-0.2, 0) is 22.4 Å². The summed E-state index contributed by atoms with van der Waals surface area (Å²) in [6.07, 6.45) is 1.96. The third-order valence-corrected chi connectivity index (χ3v) is 4.93. The van der Waals surface area contributed by atoms with Crippen LogP contribution in [0.15, 0.2) is 54.6 Å². The van der Waals surface area contributed by atoms with E-state index in [1.807, 2.05) is 23.1 Å². The molecule has 0 aliphatic carbocycles. The molecule has 0 radical (unpaired) electrons. The van der Waals surface area contributed by atoms with E-state index in [9.17, 15) is 9.59 Å². The van der Waals surface area contributed by atoms with Crippen molar-refractivity contribution < 1.29 is 9.59 Å². The van der Waals surface area contributed by atoms with E-state index in [0.29, 0.717) is 26.1 Å². The number of carbonyl (C=O) groups is 2. The molecule has 1 aliphatic heterocycles. The number of aryl methyl sites for hydroxylation is 1. The maximum Gasteiger partial charge on any atom is 0.225 e. The minimum atomic E-state index is -0.226. The van der Waals surface area contributed by atoms with Gasteiger partial charge in [0, 0.05) is 26.1 Å². The van der Waals surface area contributed by atoms with Crippen molar-refractivity contribution in [2.45, 2.75) is 26.2 Å². The fourth-order valence-electron chi connectivity index (χ4n) is 3.30. The van der Waals surface area contributed by atoms with E-state index < -0.39 is 0 Å². The van der Waals surface area contributed by atoms with E-state index in [4.69, 9.17) is 0 Å². The number of rotatable bonds is 7. The zero-order chi connectivity index (χ0) is 18.4. The van der Waals surface area contributed by atoms with E-state index in [-0.39, 0.29) is 17.7 Å². The maximum atomic E-state index is 12.3. The molecule has 2 aromatic carbocycles. The molecule has 0 spiro atoms. The molecule has 4 nitrogen and oxygen atoms in total. The molecule has 2 aromatic rings. The molecule has 0 bridgehead atoms. The van der Waals surface area contributed by atoms with E-state index in [1.54, 1.807) is 0 Å². The zero-order valence-corrected chi connectivity index (χ0v) is 15.3. The Morgan fingerprint density at radius 2 is 1.73 bits per heavy atom. The Hall–Kier alpha value is -2.62. The predicted molar refractivity (Wildman–Crippen MR) is 103 cm³/mol. The number of nitrogens with zero attached hydrogens (tertiary/aromatic N) is 1. The lowest BCUT2D eigenvalue weighted by molar-refractivity contribution is -0.129. The van der Waals surface area contributed by atoms with Gasteiger partial charge in [-0.05, 0) is 30.9 Å². The highest BCUT2D eigenvalue weighted by atomic mass is 16.2. The van der Waals surface area contributed by atoms with Gasteiger partial charge in [-0.15, -0.1) is 0 Å². The van der Waals surface area contributed by atoms with Gasteiger partial charge in [-0.25, -0.2) is 0 Å². The highest BCUT2D eigenvalue weighted by Gasteiger charge is 2.33. The van der Waals surface area contributed by atoms with Crippen LogP contribution in [0, 0.1) is 12.8 Å². The summed E-state index contributed by atoms with van der Waals surface area (Å²) in [5, 5.41) is 2.98. The average Bonchev–Trinajstić information content (AvgIpc) is 3.03. The van der Waals surface area contributed by atoms with Gasteiger partial charge in [0.05, 0.1) is 5.92 Å². The molecule has 1 aliphatic rings. The molecule has 136 valence electrons. The largest absolute Gasteiger partial charge is 0.355 e. The Morgan fingerprint density at radius 1 is 1.04 bits per heavy atom. The van der Waals surface area contributed by atoms with Crippen molar-refractivity contribution in [3.63, 3.8) is 0 Å². The quantitative estimate of drug-likeness (QED) is 0.835. The summed E-state index contributed by atoms with van der Waals surface area (Å²) in [7, 11) is 0. The fraction of sp³-hybridized carbons (Fsp3) is 0.364. The second-order valence-electron chi connectivity index (χ2n) is 7.00. The summed E-state index contributed by atoms with van der Waals surface area (Å²) >= 11 is 0. The van der Waals surface area contributed by atoms with Crippen LogP contribution in [0.3, 0.4) is 0 Å². The van der Waals surface area contributed by atoms with Crippen molar-refractivity contribution in [2.24, 2.45) is 5.92 Å². The molecule has 0 saturated carbocycles. The Bertz CT molecular complexity index is 740. The van der Waals surface area contributed by atoms with Crippen LogP contribution in [0.5, 0.6) is 0 Å². The normalized spacial score (nSPS) is 16.7. The van der Waals surface area contributed by atoms with E-state index >= 15 is 0 Å². The van der Waals surface area contributed by atoms with Crippen molar-refractivity contribution in [3.05, 3.63) is 71.3 Å². The highest BCUT2D eigenvalue weighted by Crippen LogP contribution is 2.18. The number of likely N-dealkylation sites (tertiary alicyclic amines) is 1. The summed E-state index contributed by atoms with van der Waals surface area (Å²) in [6.45, 7) is 3.88. The number of hydrogen-bond acceptors (Lipinski definition) is 2. The van der Waals surface area contributed by atoms with Crippen LogP contribution in [0.2, 0.25) is 0 Å². The second-order valence-corrected chi connectivity index (χ2v) is 7.00. The smallest absolute Gasteiger partial charge is 0.225 e. The van der Waals surface area contributed by atoms with E-state index in [0.717, 1.165) is 12.8 Å². The van der Waals surface area contributed by atoms with Gasteiger partial charge in [0.15, 0.2) is 0 Å². The molecule has 1 fully saturated rings. The average molecular weight is 350 g/mol. The monoisotopic (exact) mass is 350 g/mol. The number of nitrogens with one attached hydrogen (secondary N) is 1. The first-order valence-corrected chi connectivity index (χ1v) is 9.27. The molecule has 26 heavy (non-hydrogen) atoms. The molecular weight excluding hydrogens is 324 g/mol. The Balaban J connectivity index is 1.43. The van der Waals surface area contributed by atoms with Crippen LogP contribution in [0.1, 0.15) is 23.1 Å². The van der Waals surface area contributed by atoms with Crippen molar-refractivity contribution in [3.8, 4) is 0 Å². The first-order valence-electron chi connectivity index (χ1n) is 9.27. The van der Waals surface area contributed by atoms with Gasteiger partial charge >= 0.3 is 0 Å². The molecule has 1 heterocycles. The Labute approximate surface area is 155 Å². The molecule has 3 rings (SSSR count). The third kappa shape index (κ3) is 4.94. The molecule has 1 saturated heterocycles. The van der Waals surface area contributed by atoms with Crippen LogP contribution in [-0.4, -0.2) is 36.3 Å². The highest BCUT2D eigenvalue weighted by molar-refractivity contribution is 5.89. The number of hydrogen-bond donors (Lipinski definition) is 1. The standard InChI is InChI=1S/C22H26N2O2/c1-17-7-9-19(10-8-17)12-14-24-16-20(15-21(24)25)22(26)23-13-11-18-5-3-2-4-6-18/h2-10,20H,11-16H2,1H3,(H,23,26). The van der Waals surface area contributed by atoms with Crippen molar-refractivity contribution in [1.82, 2.24) is 10.2 Å². The van der Waals surface area contributed by atoms with E-state index in [1.165, 1.54) is 16.7 Å². The molecule has 2 amide bonds. The first-order chi connectivity index (χ1) is 12.6. The molecule has 4 heteroatoms. The van der Waals surface area contributed by atoms with Gasteiger partial charge in [-0.2, -0.15) is 0 Å². The summed E-state index contributed by atoms with van der Waals surface area (Å²) < 4.78 is 0. The van der Waals surface area contributed by atoms with Gasteiger partial charge in [0.25, 0.3) is 0 Å². The second kappa shape index (κ2) is 8.65. The number of carbonyl (C=O) groups excluding carboxylic acids is 2. The van der Waals surface area contributed by atoms with Gasteiger partial charge in [-0.3, -0.25) is 9.59 Å². The summed E-state index contributed by atoms with van der Waals surface area (Å²) in [6, 6.07) is 18.5. The number of benzene rings is 2. The topological polar surface area (TPSA) is 49.4 Å². The van der Waals surface area contributed by atoms with Gasteiger partial charge in [0.1, 0.15) is 0 Å². The lowest BCUT2D eigenvalue weighted by Crippen LogP contribution is -2.34. The zero-order valence-electron chi connectivity index (χ0n) is 15.3. The van der Waals surface area contributed by atoms with Gasteiger partial charge in [-0.1, -0.05) is 60.2 Å². The lowest BCUT2D eigenvalue weighted by atomic mass is 10.1. The molecule has 0 aromatic heterocycles. The van der Waals surface area contributed by atoms with E-state index in [2.05, 4.69) is 48.6 Å². The molecular formula is C22H26N2O2. The summed E-state index contributed by atoms with van der Waals surface area (Å²) in [4.78, 5) is 26.4. The van der Waals surface area contributed by atoms with Crippen LogP contribution < -0.4 is 5.32 Å². The summed E-state index contributed by atoms with van der Waals surface area (Å²) in [5.74, 6) is -0.149. The van der Waals surface area contributed by atoms with Crippen LogP contribution >= 0.6 is 0 Å². The van der Waals surface area contributed by atoms with Crippen LogP contribution in [0.25, 0.3) is 0 Å². The Morgan fingerprint density at radius 3 is 2.46 bits per heavy atom. The molecule has 1 unspecified atom stereocenters. The first kappa shape index (κ1) is 18.2. The maximum absolute atomic E-state index is 12.3. The summed E-state index contributed by atoms with van der Waals surface area (Å²) in [5.41, 5.74) is 3.66. The SMILES string of the molecule is Cc1ccc(CCN2CC(C(=O)NCCc3ccccc3)CC2=O)cc1. The minimum Gasteiger partial charge on any atom is -0.355 e. The lowest BCUT2D eigenvalue weighted by Gasteiger charge is -2.16. The Kier molecular flexibility index (Phi) is 6.05. The fourth-order valence-corrected chi connectivity index (χ4v) is 3.30. The molecule has 1 atom stereocenters. The van der Waals surface area contributed by atoms with Crippen molar-refractivity contribution in [2.75, 3.05) is 19.6 Å². The van der Waals surface area contributed by atoms with Gasteiger partial charge < -0.3 is 10.2 Å². The number of amides is 2. The van der Waals surface area contributed by atoms with Gasteiger partial charge in [0.2, 0.25) is 11.8 Å².